The van der Waals surface area contributed by atoms with Gasteiger partial charge in [-0.25, -0.2) is 0 Å². The summed E-state index contributed by atoms with van der Waals surface area (Å²) in [5, 5.41) is 9.66. The van der Waals surface area contributed by atoms with Crippen LogP contribution in [0.4, 0.5) is 0 Å². The number of amides is 1. The first-order valence-electron chi connectivity index (χ1n) is 5.81. The molecule has 1 unspecified atom stereocenters. The first-order chi connectivity index (χ1) is 8.08. The average Bonchev–Trinajstić information content (AvgIpc) is 2.67. The van der Waals surface area contributed by atoms with E-state index in [1.54, 1.807) is 6.92 Å². The molecular formula is C13H17NO3. The van der Waals surface area contributed by atoms with Gasteiger partial charge in [-0.3, -0.25) is 4.79 Å². The van der Waals surface area contributed by atoms with Crippen LogP contribution in [0.5, 0.6) is 5.75 Å². The first-order valence-corrected chi connectivity index (χ1v) is 5.81. The van der Waals surface area contributed by atoms with Crippen LogP contribution in [0.3, 0.4) is 0 Å². The van der Waals surface area contributed by atoms with Crippen LogP contribution >= 0.6 is 0 Å². The smallest absolute Gasteiger partial charge is 0.223 e. The number of rotatable bonds is 4. The van der Waals surface area contributed by atoms with Crippen molar-refractivity contribution >= 4 is 5.91 Å². The van der Waals surface area contributed by atoms with E-state index in [0.717, 1.165) is 29.7 Å². The summed E-state index contributed by atoms with van der Waals surface area (Å²) >= 11 is 0. The van der Waals surface area contributed by atoms with Crippen molar-refractivity contribution in [2.45, 2.75) is 25.9 Å². The van der Waals surface area contributed by atoms with Crippen LogP contribution in [-0.4, -0.2) is 17.6 Å². The lowest BCUT2D eigenvalue weighted by molar-refractivity contribution is -0.122. The van der Waals surface area contributed by atoms with Gasteiger partial charge in [0.05, 0.1) is 18.6 Å². The molecule has 3 N–H and O–H groups in total. The minimum Gasteiger partial charge on any atom is -0.493 e. The summed E-state index contributed by atoms with van der Waals surface area (Å²) < 4.78 is 5.51. The highest BCUT2D eigenvalue weighted by Gasteiger charge is 2.20. The molecule has 2 rings (SSSR count). The van der Waals surface area contributed by atoms with Crippen molar-refractivity contribution < 1.29 is 14.6 Å². The van der Waals surface area contributed by atoms with Gasteiger partial charge in [0.1, 0.15) is 5.75 Å². The molecule has 0 heterocycles. The van der Waals surface area contributed by atoms with Gasteiger partial charge in [-0.1, -0.05) is 13.0 Å². The number of carbonyl (C=O) groups excluding carboxylic acids is 1. The molecular weight excluding hydrogens is 218 g/mol. The van der Waals surface area contributed by atoms with Gasteiger partial charge < -0.3 is 15.6 Å². The summed E-state index contributed by atoms with van der Waals surface area (Å²) in [6.45, 7) is 2.02. The summed E-state index contributed by atoms with van der Waals surface area (Å²) in [7, 11) is 0. The fourth-order valence-corrected chi connectivity index (χ4v) is 1.96. The van der Waals surface area contributed by atoms with Gasteiger partial charge in [0.25, 0.3) is 0 Å². The summed E-state index contributed by atoms with van der Waals surface area (Å²) in [6.07, 6.45) is 1.30. The van der Waals surface area contributed by atoms with Crippen molar-refractivity contribution in [3.05, 3.63) is 29.3 Å². The second-order valence-corrected chi connectivity index (χ2v) is 4.53. The standard InChI is InChI=1S/C13H17NO3/c1-8(13(14)16)7-17-10-3-4-11-9(6-10)2-5-12(11)15/h3-4,6,8,12,15H,2,5,7H2,1H3,(H2,14,16)/t8?,12-/m0/s1. The fraction of sp³-hybridized carbons (Fsp3) is 0.462. The lowest BCUT2D eigenvalue weighted by Crippen LogP contribution is -2.25. The third-order valence-electron chi connectivity index (χ3n) is 3.15. The zero-order chi connectivity index (χ0) is 12.4. The summed E-state index contributed by atoms with van der Waals surface area (Å²) in [5.74, 6) is 0.0707. The zero-order valence-corrected chi connectivity index (χ0v) is 9.85. The number of carbonyl (C=O) groups is 1. The molecule has 1 aromatic rings. The van der Waals surface area contributed by atoms with Crippen molar-refractivity contribution in [3.63, 3.8) is 0 Å². The maximum absolute atomic E-state index is 10.9. The van der Waals surface area contributed by atoms with Gasteiger partial charge in [0.2, 0.25) is 5.91 Å². The van der Waals surface area contributed by atoms with E-state index < -0.39 is 0 Å². The molecule has 1 amide bonds. The lowest BCUT2D eigenvalue weighted by Gasteiger charge is -2.11. The highest BCUT2D eigenvalue weighted by Crippen LogP contribution is 2.33. The molecule has 0 spiro atoms. The topological polar surface area (TPSA) is 72.6 Å². The third-order valence-corrected chi connectivity index (χ3v) is 3.15. The van der Waals surface area contributed by atoms with Gasteiger partial charge in [-0.2, -0.15) is 0 Å². The van der Waals surface area contributed by atoms with Gasteiger partial charge >= 0.3 is 0 Å². The number of hydrogen-bond acceptors (Lipinski definition) is 3. The van der Waals surface area contributed by atoms with Crippen LogP contribution in [0, 0.1) is 5.92 Å². The Morgan fingerprint density at radius 3 is 3.12 bits per heavy atom. The highest BCUT2D eigenvalue weighted by molar-refractivity contribution is 5.76. The van der Waals surface area contributed by atoms with E-state index in [1.165, 1.54) is 0 Å². The number of aryl methyl sites for hydroxylation is 1. The number of nitrogens with two attached hydrogens (primary N) is 1. The molecule has 0 saturated heterocycles. The van der Waals surface area contributed by atoms with Crippen LogP contribution in [-0.2, 0) is 11.2 Å². The molecule has 0 aliphatic heterocycles. The molecule has 2 atom stereocenters. The molecule has 92 valence electrons. The molecule has 1 aromatic carbocycles. The van der Waals surface area contributed by atoms with Crippen LogP contribution in [0.1, 0.15) is 30.6 Å². The Balaban J connectivity index is 2.01. The van der Waals surface area contributed by atoms with Crippen LogP contribution in [0.25, 0.3) is 0 Å². The molecule has 0 saturated carbocycles. The van der Waals surface area contributed by atoms with Crippen molar-refractivity contribution in [3.8, 4) is 5.75 Å². The number of aliphatic hydroxyl groups excluding tert-OH is 1. The summed E-state index contributed by atoms with van der Waals surface area (Å²) in [5.41, 5.74) is 7.27. The van der Waals surface area contributed by atoms with Crippen molar-refractivity contribution in [2.75, 3.05) is 6.61 Å². The number of ether oxygens (including phenoxy) is 1. The van der Waals surface area contributed by atoms with Gasteiger partial charge in [-0.05, 0) is 36.1 Å². The van der Waals surface area contributed by atoms with Gasteiger partial charge in [0, 0.05) is 0 Å². The third kappa shape index (κ3) is 2.58. The fourth-order valence-electron chi connectivity index (χ4n) is 1.96. The van der Waals surface area contributed by atoms with Gasteiger partial charge in [0.15, 0.2) is 0 Å². The Bertz CT molecular complexity index is 431. The molecule has 0 radical (unpaired) electrons. The number of hydrogen-bond donors (Lipinski definition) is 2. The minimum absolute atomic E-state index is 0.288. The normalized spacial score (nSPS) is 19.8. The molecule has 1 aliphatic carbocycles. The van der Waals surface area contributed by atoms with E-state index in [2.05, 4.69) is 0 Å². The monoisotopic (exact) mass is 235 g/mol. The number of fused-ring (bicyclic) bond motifs is 1. The Labute approximate surface area is 100 Å². The second kappa shape index (κ2) is 4.75. The molecule has 0 fully saturated rings. The maximum Gasteiger partial charge on any atom is 0.223 e. The van der Waals surface area contributed by atoms with E-state index in [4.69, 9.17) is 10.5 Å². The van der Waals surface area contributed by atoms with E-state index >= 15 is 0 Å². The zero-order valence-electron chi connectivity index (χ0n) is 9.85. The Morgan fingerprint density at radius 2 is 2.41 bits per heavy atom. The Kier molecular flexibility index (Phi) is 3.33. The Hall–Kier alpha value is -1.55. The van der Waals surface area contributed by atoms with E-state index in [9.17, 15) is 9.90 Å². The van der Waals surface area contributed by atoms with Crippen LogP contribution < -0.4 is 10.5 Å². The molecule has 4 heteroatoms. The lowest BCUT2D eigenvalue weighted by atomic mass is 10.1. The number of benzene rings is 1. The molecule has 1 aliphatic rings. The van der Waals surface area contributed by atoms with E-state index in [1.807, 2.05) is 18.2 Å². The predicted molar refractivity (Wildman–Crippen MR) is 63.6 cm³/mol. The van der Waals surface area contributed by atoms with E-state index in [0.29, 0.717) is 0 Å². The predicted octanol–water partition coefficient (Wildman–Crippen LogP) is 1.17. The maximum atomic E-state index is 10.9. The van der Waals surface area contributed by atoms with Crippen molar-refractivity contribution in [2.24, 2.45) is 11.7 Å². The van der Waals surface area contributed by atoms with Crippen molar-refractivity contribution in [1.29, 1.82) is 0 Å². The average molecular weight is 235 g/mol. The molecule has 0 bridgehead atoms. The SMILES string of the molecule is CC(COc1ccc2c(c1)CC[C@@H]2O)C(N)=O. The largest absolute Gasteiger partial charge is 0.493 e. The summed E-state index contributed by atoms with van der Waals surface area (Å²) in [4.78, 5) is 10.9. The van der Waals surface area contributed by atoms with Crippen LogP contribution in [0.15, 0.2) is 18.2 Å². The number of aliphatic hydroxyl groups is 1. The van der Waals surface area contributed by atoms with Crippen LogP contribution in [0.2, 0.25) is 0 Å². The second-order valence-electron chi connectivity index (χ2n) is 4.53. The quantitative estimate of drug-likeness (QED) is 0.822. The first kappa shape index (κ1) is 11.9. The van der Waals surface area contributed by atoms with E-state index in [-0.39, 0.29) is 24.5 Å². The molecule has 17 heavy (non-hydrogen) atoms. The molecule has 0 aromatic heterocycles. The summed E-state index contributed by atoms with van der Waals surface area (Å²) in [6, 6.07) is 5.64. The minimum atomic E-state index is -0.360. The number of primary amides is 1. The highest BCUT2D eigenvalue weighted by atomic mass is 16.5. The van der Waals surface area contributed by atoms with Crippen molar-refractivity contribution in [1.82, 2.24) is 0 Å². The molecule has 4 nitrogen and oxygen atoms in total. The Morgan fingerprint density at radius 1 is 1.65 bits per heavy atom. The van der Waals surface area contributed by atoms with Gasteiger partial charge in [-0.15, -0.1) is 0 Å².